The van der Waals surface area contributed by atoms with E-state index in [1.54, 1.807) is 6.92 Å². The Morgan fingerprint density at radius 2 is 1.86 bits per heavy atom. The number of nitrogens with zero attached hydrogens (tertiary/aromatic N) is 4. The first-order chi connectivity index (χ1) is 13.2. The molecule has 3 rings (SSSR count). The minimum absolute atomic E-state index is 0.0731. The minimum atomic E-state index is -0.642. The number of carbonyl (C=O) groups excluding carboxylic acids is 1. The largest absolute Gasteiger partial charge is 0.481 e. The summed E-state index contributed by atoms with van der Waals surface area (Å²) in [6.07, 6.45) is 0.861. The molecule has 0 aliphatic carbocycles. The summed E-state index contributed by atoms with van der Waals surface area (Å²) < 4.78 is 7.34. The zero-order chi connectivity index (χ0) is 20.3. The molecule has 28 heavy (non-hydrogen) atoms. The molecule has 0 saturated heterocycles. The van der Waals surface area contributed by atoms with Gasteiger partial charge in [0.2, 0.25) is 0 Å². The number of rotatable bonds is 5. The van der Waals surface area contributed by atoms with Gasteiger partial charge in [-0.25, -0.2) is 4.68 Å². The topological polar surface area (TPSA) is 81.9 Å². The van der Waals surface area contributed by atoms with Gasteiger partial charge in [-0.15, -0.1) is 5.10 Å². The van der Waals surface area contributed by atoms with E-state index in [1.165, 1.54) is 16.6 Å². The lowest BCUT2D eigenvalue weighted by atomic mass is 9.87. The third kappa shape index (κ3) is 4.54. The highest BCUT2D eigenvalue weighted by Crippen LogP contribution is 2.25. The van der Waals surface area contributed by atoms with E-state index in [0.717, 1.165) is 11.3 Å². The summed E-state index contributed by atoms with van der Waals surface area (Å²) >= 11 is 0. The van der Waals surface area contributed by atoms with Gasteiger partial charge in [-0.3, -0.25) is 4.79 Å². The fourth-order valence-corrected chi connectivity index (χ4v) is 2.69. The van der Waals surface area contributed by atoms with E-state index in [4.69, 9.17) is 4.74 Å². The second-order valence-electron chi connectivity index (χ2n) is 7.78. The van der Waals surface area contributed by atoms with Crippen molar-refractivity contribution in [3.8, 4) is 11.4 Å². The Bertz CT molecular complexity index is 944. The Balaban J connectivity index is 1.68. The highest BCUT2D eigenvalue weighted by Gasteiger charge is 2.18. The lowest BCUT2D eigenvalue weighted by Gasteiger charge is -2.20. The first-order valence-corrected chi connectivity index (χ1v) is 9.16. The van der Waals surface area contributed by atoms with Crippen molar-refractivity contribution in [2.45, 2.75) is 46.1 Å². The normalized spacial score (nSPS) is 12.5. The van der Waals surface area contributed by atoms with Crippen LogP contribution in [0.3, 0.4) is 0 Å². The molecule has 0 bridgehead atoms. The smallest absolute Gasteiger partial charge is 0.265 e. The molecule has 0 spiro atoms. The summed E-state index contributed by atoms with van der Waals surface area (Å²) in [7, 11) is 0. The highest BCUT2D eigenvalue weighted by atomic mass is 16.5. The van der Waals surface area contributed by atoms with Crippen LogP contribution in [-0.4, -0.2) is 32.2 Å². The van der Waals surface area contributed by atoms with E-state index in [-0.39, 0.29) is 11.3 Å². The second-order valence-corrected chi connectivity index (χ2v) is 7.78. The van der Waals surface area contributed by atoms with E-state index >= 15 is 0 Å². The van der Waals surface area contributed by atoms with Crippen molar-refractivity contribution in [2.24, 2.45) is 0 Å². The van der Waals surface area contributed by atoms with Crippen LogP contribution in [0.15, 0.2) is 48.8 Å². The summed E-state index contributed by atoms with van der Waals surface area (Å²) in [5.41, 5.74) is 3.68. The Kier molecular flexibility index (Phi) is 5.44. The predicted octanol–water partition coefficient (Wildman–Crippen LogP) is 3.67. The van der Waals surface area contributed by atoms with Gasteiger partial charge >= 0.3 is 0 Å². The number of amides is 1. The van der Waals surface area contributed by atoms with Gasteiger partial charge in [0.25, 0.3) is 5.91 Å². The lowest BCUT2D eigenvalue weighted by molar-refractivity contribution is -0.122. The molecule has 0 saturated carbocycles. The van der Waals surface area contributed by atoms with Gasteiger partial charge in [0, 0.05) is 5.69 Å². The van der Waals surface area contributed by atoms with Gasteiger partial charge in [0.1, 0.15) is 12.1 Å². The molecular formula is C21H25N5O2. The van der Waals surface area contributed by atoms with Crippen LogP contribution in [0.4, 0.5) is 5.69 Å². The number of nitrogens with one attached hydrogen (secondary N) is 1. The first-order valence-electron chi connectivity index (χ1n) is 9.16. The number of hydrogen-bond acceptors (Lipinski definition) is 5. The molecule has 0 aliphatic heterocycles. The Hall–Kier alpha value is -3.22. The maximum absolute atomic E-state index is 12.6. The number of aromatic nitrogens is 4. The molecule has 0 radical (unpaired) electrons. The number of benzene rings is 2. The number of hydrogen-bond donors (Lipinski definition) is 1. The summed E-state index contributed by atoms with van der Waals surface area (Å²) in [4.78, 5) is 12.6. The second kappa shape index (κ2) is 7.80. The lowest BCUT2D eigenvalue weighted by Crippen LogP contribution is -2.30. The van der Waals surface area contributed by atoms with Crippen molar-refractivity contribution < 1.29 is 9.53 Å². The standard InChI is InChI=1S/C21H25N5O2/c1-14-6-9-17(26-13-22-24-25-26)12-19(14)23-20(27)15(2)28-18-10-7-16(8-11-18)21(3,4)5/h6-13,15H,1-5H3,(H,23,27). The number of anilines is 1. The molecule has 1 atom stereocenters. The molecule has 146 valence electrons. The van der Waals surface area contributed by atoms with Gasteiger partial charge in [-0.05, 0) is 65.1 Å². The molecule has 0 aliphatic rings. The fourth-order valence-electron chi connectivity index (χ4n) is 2.69. The summed E-state index contributed by atoms with van der Waals surface area (Å²) in [6.45, 7) is 10.1. The predicted molar refractivity (Wildman–Crippen MR) is 108 cm³/mol. The van der Waals surface area contributed by atoms with E-state index < -0.39 is 6.10 Å². The van der Waals surface area contributed by atoms with Gasteiger partial charge < -0.3 is 10.1 Å². The van der Waals surface area contributed by atoms with Crippen molar-refractivity contribution in [1.82, 2.24) is 20.2 Å². The molecule has 3 aromatic rings. The van der Waals surface area contributed by atoms with Crippen LogP contribution in [-0.2, 0) is 10.2 Å². The van der Waals surface area contributed by atoms with Crippen molar-refractivity contribution in [2.75, 3.05) is 5.32 Å². The highest BCUT2D eigenvalue weighted by molar-refractivity contribution is 5.95. The molecule has 0 fully saturated rings. The zero-order valence-corrected chi connectivity index (χ0v) is 16.8. The van der Waals surface area contributed by atoms with Crippen molar-refractivity contribution >= 4 is 11.6 Å². The molecule has 1 aromatic heterocycles. The third-order valence-corrected chi connectivity index (χ3v) is 4.50. The zero-order valence-electron chi connectivity index (χ0n) is 16.8. The van der Waals surface area contributed by atoms with Crippen molar-refractivity contribution in [3.63, 3.8) is 0 Å². The van der Waals surface area contributed by atoms with Gasteiger partial charge in [-0.2, -0.15) is 0 Å². The van der Waals surface area contributed by atoms with E-state index in [0.29, 0.717) is 11.4 Å². The minimum Gasteiger partial charge on any atom is -0.481 e. The van der Waals surface area contributed by atoms with E-state index in [2.05, 4.69) is 41.6 Å². The van der Waals surface area contributed by atoms with E-state index in [9.17, 15) is 4.79 Å². The van der Waals surface area contributed by atoms with Gasteiger partial charge in [-0.1, -0.05) is 39.0 Å². The average molecular weight is 379 g/mol. The quantitative estimate of drug-likeness (QED) is 0.731. The molecule has 1 unspecified atom stereocenters. The van der Waals surface area contributed by atoms with Crippen LogP contribution in [0.2, 0.25) is 0 Å². The molecule has 7 heteroatoms. The number of tetrazole rings is 1. The molecular weight excluding hydrogens is 354 g/mol. The average Bonchev–Trinajstić information content (AvgIpc) is 3.18. The Morgan fingerprint density at radius 1 is 1.14 bits per heavy atom. The fraction of sp³-hybridized carbons (Fsp3) is 0.333. The SMILES string of the molecule is Cc1ccc(-n2cnnn2)cc1NC(=O)C(C)Oc1ccc(C(C)(C)C)cc1. The molecule has 2 aromatic carbocycles. The monoisotopic (exact) mass is 379 g/mol. The molecule has 7 nitrogen and oxygen atoms in total. The Morgan fingerprint density at radius 3 is 2.46 bits per heavy atom. The van der Waals surface area contributed by atoms with Crippen LogP contribution in [0.25, 0.3) is 5.69 Å². The van der Waals surface area contributed by atoms with Crippen LogP contribution in [0.5, 0.6) is 5.75 Å². The van der Waals surface area contributed by atoms with Gasteiger partial charge in [0.05, 0.1) is 5.69 Å². The van der Waals surface area contributed by atoms with Crippen LogP contribution < -0.4 is 10.1 Å². The van der Waals surface area contributed by atoms with Gasteiger partial charge in [0.15, 0.2) is 6.10 Å². The number of ether oxygens (including phenoxy) is 1. The molecule has 1 N–H and O–H groups in total. The van der Waals surface area contributed by atoms with Crippen molar-refractivity contribution in [1.29, 1.82) is 0 Å². The molecule has 1 amide bonds. The van der Waals surface area contributed by atoms with Crippen LogP contribution >= 0.6 is 0 Å². The van der Waals surface area contributed by atoms with Crippen molar-refractivity contribution in [3.05, 3.63) is 59.9 Å². The molecule has 1 heterocycles. The summed E-state index contributed by atoms with van der Waals surface area (Å²) in [5, 5.41) is 14.1. The Labute approximate surface area is 164 Å². The summed E-state index contributed by atoms with van der Waals surface area (Å²) in [5.74, 6) is 0.437. The van der Waals surface area contributed by atoms with E-state index in [1.807, 2.05) is 49.4 Å². The number of aryl methyl sites for hydroxylation is 1. The van der Waals surface area contributed by atoms with Crippen LogP contribution in [0, 0.1) is 6.92 Å². The number of carbonyl (C=O) groups is 1. The third-order valence-electron chi connectivity index (χ3n) is 4.50. The summed E-state index contributed by atoms with van der Waals surface area (Å²) in [6, 6.07) is 13.5. The maximum Gasteiger partial charge on any atom is 0.265 e. The maximum atomic E-state index is 12.6. The first kappa shape index (κ1) is 19.5. The van der Waals surface area contributed by atoms with Crippen LogP contribution in [0.1, 0.15) is 38.8 Å².